The molecule has 2 aromatic rings. The highest BCUT2D eigenvalue weighted by atomic mass is 19.2. The van der Waals surface area contributed by atoms with Crippen LogP contribution in [-0.2, 0) is 12.8 Å². The summed E-state index contributed by atoms with van der Waals surface area (Å²) in [6, 6.07) is 19.3. The SMILES string of the molecule is CC(C)N(CCCc1ccc(C2CC(F)C2F)cc1)CCc1ccccc1. The highest BCUT2D eigenvalue weighted by molar-refractivity contribution is 5.29. The molecule has 1 nitrogen and oxygen atoms in total. The lowest BCUT2D eigenvalue weighted by Gasteiger charge is -2.34. The maximum Gasteiger partial charge on any atom is 0.138 e. The summed E-state index contributed by atoms with van der Waals surface area (Å²) in [6.07, 6.45) is 0.936. The Morgan fingerprint density at radius 3 is 2.15 bits per heavy atom. The van der Waals surface area contributed by atoms with E-state index in [1.807, 2.05) is 12.1 Å². The molecule has 3 heteroatoms. The summed E-state index contributed by atoms with van der Waals surface area (Å²) in [4.78, 5) is 2.53. The van der Waals surface area contributed by atoms with Crippen molar-refractivity contribution < 1.29 is 8.78 Å². The maximum atomic E-state index is 13.5. The van der Waals surface area contributed by atoms with Crippen molar-refractivity contribution >= 4 is 0 Å². The molecule has 0 radical (unpaired) electrons. The van der Waals surface area contributed by atoms with Crippen LogP contribution in [0.1, 0.15) is 49.3 Å². The van der Waals surface area contributed by atoms with Gasteiger partial charge in [0, 0.05) is 18.5 Å². The van der Waals surface area contributed by atoms with Crippen molar-refractivity contribution in [2.75, 3.05) is 13.1 Å². The minimum absolute atomic E-state index is 0.247. The summed E-state index contributed by atoms with van der Waals surface area (Å²) in [5.74, 6) is -0.247. The van der Waals surface area contributed by atoms with Gasteiger partial charge >= 0.3 is 0 Å². The molecule has 0 aromatic heterocycles. The van der Waals surface area contributed by atoms with Gasteiger partial charge in [-0.3, -0.25) is 0 Å². The highest BCUT2D eigenvalue weighted by Gasteiger charge is 2.42. The molecule has 0 heterocycles. The third-order valence-corrected chi connectivity index (χ3v) is 5.79. The van der Waals surface area contributed by atoms with Crippen LogP contribution in [0.25, 0.3) is 0 Å². The second-order valence-corrected chi connectivity index (χ2v) is 8.01. The van der Waals surface area contributed by atoms with E-state index in [0.717, 1.165) is 37.9 Å². The van der Waals surface area contributed by atoms with Crippen LogP contribution >= 0.6 is 0 Å². The Morgan fingerprint density at radius 2 is 1.56 bits per heavy atom. The Bertz CT molecular complexity index is 683. The molecule has 3 unspecified atom stereocenters. The molecule has 2 aromatic carbocycles. The van der Waals surface area contributed by atoms with Crippen LogP contribution in [0.2, 0.25) is 0 Å². The molecule has 0 amide bonds. The molecule has 3 atom stereocenters. The fourth-order valence-electron chi connectivity index (χ4n) is 3.84. The summed E-state index contributed by atoms with van der Waals surface area (Å²) in [5.41, 5.74) is 3.60. The van der Waals surface area contributed by atoms with Crippen LogP contribution < -0.4 is 0 Å². The number of benzene rings is 2. The average Bonchev–Trinajstić information content (AvgIpc) is 2.69. The van der Waals surface area contributed by atoms with E-state index < -0.39 is 12.3 Å². The fourth-order valence-corrected chi connectivity index (χ4v) is 3.84. The van der Waals surface area contributed by atoms with E-state index in [4.69, 9.17) is 0 Å². The molecule has 0 aliphatic heterocycles. The van der Waals surface area contributed by atoms with Crippen molar-refractivity contribution in [1.82, 2.24) is 4.90 Å². The van der Waals surface area contributed by atoms with Crippen LogP contribution in [-0.4, -0.2) is 36.4 Å². The normalized spacial score (nSPS) is 22.2. The van der Waals surface area contributed by atoms with E-state index in [1.54, 1.807) is 0 Å². The van der Waals surface area contributed by atoms with E-state index in [1.165, 1.54) is 11.1 Å². The molecule has 3 rings (SSSR count). The number of aryl methyl sites for hydroxylation is 1. The van der Waals surface area contributed by atoms with E-state index >= 15 is 0 Å². The van der Waals surface area contributed by atoms with Gasteiger partial charge in [0.15, 0.2) is 0 Å². The average molecular weight is 372 g/mol. The molecule has 0 spiro atoms. The first kappa shape index (κ1) is 20.0. The zero-order valence-electron chi connectivity index (χ0n) is 16.5. The number of rotatable bonds is 9. The lowest BCUT2D eigenvalue weighted by molar-refractivity contribution is 0.0428. The first-order chi connectivity index (χ1) is 13.0. The molecule has 1 fully saturated rings. The minimum atomic E-state index is -1.32. The predicted octanol–water partition coefficient (Wildman–Crippen LogP) is 5.74. The molecule has 0 saturated heterocycles. The van der Waals surface area contributed by atoms with E-state index in [2.05, 4.69) is 61.2 Å². The Morgan fingerprint density at radius 1 is 0.889 bits per heavy atom. The molecule has 1 aliphatic carbocycles. The van der Waals surface area contributed by atoms with Crippen molar-refractivity contribution in [2.45, 2.75) is 63.8 Å². The van der Waals surface area contributed by atoms with Gasteiger partial charge in [0.05, 0.1) is 0 Å². The molecule has 1 aliphatic rings. The first-order valence-corrected chi connectivity index (χ1v) is 10.2. The highest BCUT2D eigenvalue weighted by Crippen LogP contribution is 2.41. The summed E-state index contributed by atoms with van der Waals surface area (Å²) in [7, 11) is 0. The van der Waals surface area contributed by atoms with E-state index in [-0.39, 0.29) is 5.92 Å². The second-order valence-electron chi connectivity index (χ2n) is 8.01. The second kappa shape index (κ2) is 9.45. The van der Waals surface area contributed by atoms with Crippen LogP contribution in [0.4, 0.5) is 8.78 Å². The quantitative estimate of drug-likeness (QED) is 0.544. The minimum Gasteiger partial charge on any atom is -0.301 e. The number of hydrogen-bond donors (Lipinski definition) is 0. The Kier molecular flexibility index (Phi) is 7.01. The Hall–Kier alpha value is -1.74. The van der Waals surface area contributed by atoms with Gasteiger partial charge in [0.2, 0.25) is 0 Å². The van der Waals surface area contributed by atoms with Crippen molar-refractivity contribution in [1.29, 1.82) is 0 Å². The number of nitrogens with zero attached hydrogens (tertiary/aromatic N) is 1. The van der Waals surface area contributed by atoms with Gasteiger partial charge in [-0.25, -0.2) is 8.78 Å². The number of hydrogen-bond acceptors (Lipinski definition) is 1. The molecule has 0 N–H and O–H groups in total. The Balaban J connectivity index is 1.44. The van der Waals surface area contributed by atoms with Gasteiger partial charge in [-0.1, -0.05) is 54.6 Å². The molecule has 1 saturated carbocycles. The number of halogens is 2. The van der Waals surface area contributed by atoms with Gasteiger partial charge in [-0.15, -0.1) is 0 Å². The van der Waals surface area contributed by atoms with Gasteiger partial charge in [-0.05, 0) is 62.8 Å². The maximum absolute atomic E-state index is 13.5. The largest absolute Gasteiger partial charge is 0.301 e. The first-order valence-electron chi connectivity index (χ1n) is 10.2. The molecular weight excluding hydrogens is 340 g/mol. The fraction of sp³-hybridized carbons (Fsp3) is 0.500. The molecule has 146 valence electrons. The van der Waals surface area contributed by atoms with Crippen molar-refractivity contribution in [3.8, 4) is 0 Å². The predicted molar refractivity (Wildman–Crippen MR) is 109 cm³/mol. The van der Waals surface area contributed by atoms with E-state index in [9.17, 15) is 8.78 Å². The molecule has 27 heavy (non-hydrogen) atoms. The van der Waals surface area contributed by atoms with Crippen molar-refractivity contribution in [3.63, 3.8) is 0 Å². The van der Waals surface area contributed by atoms with E-state index in [0.29, 0.717) is 12.5 Å². The van der Waals surface area contributed by atoms with Crippen molar-refractivity contribution in [3.05, 3.63) is 71.3 Å². The summed E-state index contributed by atoms with van der Waals surface area (Å²) in [6.45, 7) is 6.66. The smallest absolute Gasteiger partial charge is 0.138 e. The van der Waals surface area contributed by atoms with Crippen LogP contribution in [0.3, 0.4) is 0 Å². The third kappa shape index (κ3) is 5.38. The topological polar surface area (TPSA) is 3.24 Å². The van der Waals surface area contributed by atoms with Crippen molar-refractivity contribution in [2.24, 2.45) is 0 Å². The van der Waals surface area contributed by atoms with Crippen LogP contribution in [0.15, 0.2) is 54.6 Å². The van der Waals surface area contributed by atoms with Gasteiger partial charge in [-0.2, -0.15) is 0 Å². The summed E-state index contributed by atoms with van der Waals surface area (Å²) < 4.78 is 26.6. The molecule has 0 bridgehead atoms. The van der Waals surface area contributed by atoms with Gasteiger partial charge in [0.25, 0.3) is 0 Å². The van der Waals surface area contributed by atoms with Crippen LogP contribution in [0.5, 0.6) is 0 Å². The van der Waals surface area contributed by atoms with Gasteiger partial charge < -0.3 is 4.90 Å². The summed E-state index contributed by atoms with van der Waals surface area (Å²) >= 11 is 0. The van der Waals surface area contributed by atoms with Gasteiger partial charge in [0.1, 0.15) is 12.3 Å². The Labute approximate surface area is 162 Å². The van der Waals surface area contributed by atoms with Crippen LogP contribution in [0, 0.1) is 0 Å². The lowest BCUT2D eigenvalue weighted by Crippen LogP contribution is -2.38. The molecular formula is C24H31F2N. The standard InChI is InChI=1S/C24H31F2N/c1-18(2)27(16-14-19-7-4-3-5-8-19)15-6-9-20-10-12-21(13-11-20)22-17-23(25)24(22)26/h3-5,7-8,10-13,18,22-24H,6,9,14-17H2,1-2H3. The third-order valence-electron chi connectivity index (χ3n) is 5.79. The number of alkyl halides is 2. The lowest BCUT2D eigenvalue weighted by atomic mass is 9.76. The summed E-state index contributed by atoms with van der Waals surface area (Å²) in [5, 5.41) is 0. The zero-order valence-corrected chi connectivity index (χ0v) is 16.5. The monoisotopic (exact) mass is 371 g/mol. The zero-order chi connectivity index (χ0) is 19.2.